The van der Waals surface area contributed by atoms with Gasteiger partial charge in [0.15, 0.2) is 0 Å². The maximum atomic E-state index is 5.46. The number of hydrogen-bond acceptors (Lipinski definition) is 4. The van der Waals surface area contributed by atoms with Crippen molar-refractivity contribution in [1.29, 1.82) is 0 Å². The van der Waals surface area contributed by atoms with Gasteiger partial charge in [-0.25, -0.2) is 9.97 Å². The largest absolute Gasteiger partial charge is 0.377 e. The molecule has 2 aromatic carbocycles. The molecular formula is C31H49N3O. The van der Waals surface area contributed by atoms with Crippen molar-refractivity contribution < 1.29 is 4.74 Å². The van der Waals surface area contributed by atoms with Gasteiger partial charge >= 0.3 is 0 Å². The van der Waals surface area contributed by atoms with Crippen LogP contribution < -0.4 is 4.90 Å². The van der Waals surface area contributed by atoms with Gasteiger partial charge in [-0.05, 0) is 37.0 Å². The molecule has 0 unspecified atom stereocenters. The van der Waals surface area contributed by atoms with Crippen molar-refractivity contribution in [3.63, 3.8) is 0 Å². The summed E-state index contributed by atoms with van der Waals surface area (Å²) in [4.78, 5) is 10.8. The average Bonchev–Trinajstić information content (AvgIpc) is 2.89. The van der Waals surface area contributed by atoms with E-state index in [1.807, 2.05) is 82.2 Å². The lowest BCUT2D eigenvalue weighted by Gasteiger charge is -2.15. The third-order valence-corrected chi connectivity index (χ3v) is 5.77. The van der Waals surface area contributed by atoms with Crippen LogP contribution in [0.15, 0.2) is 54.6 Å². The van der Waals surface area contributed by atoms with Crippen molar-refractivity contribution in [3.05, 3.63) is 66.0 Å². The summed E-state index contributed by atoms with van der Waals surface area (Å²) in [5.74, 6) is 2.83. The van der Waals surface area contributed by atoms with Crippen molar-refractivity contribution in [1.82, 2.24) is 9.97 Å². The second-order valence-electron chi connectivity index (χ2n) is 9.14. The van der Waals surface area contributed by atoms with Gasteiger partial charge < -0.3 is 9.64 Å². The molecule has 0 N–H and O–H groups in total. The zero-order valence-electron chi connectivity index (χ0n) is 23.4. The van der Waals surface area contributed by atoms with Gasteiger partial charge in [0.2, 0.25) is 0 Å². The van der Waals surface area contributed by atoms with E-state index < -0.39 is 0 Å². The van der Waals surface area contributed by atoms with Crippen molar-refractivity contribution >= 4 is 16.7 Å². The number of rotatable bonds is 6. The Bertz CT molecular complexity index is 906. The molecule has 1 saturated carbocycles. The van der Waals surface area contributed by atoms with Gasteiger partial charge in [0.25, 0.3) is 0 Å². The highest BCUT2D eigenvalue weighted by Crippen LogP contribution is 2.22. The van der Waals surface area contributed by atoms with Crippen molar-refractivity contribution in [2.45, 2.75) is 86.2 Å². The molecule has 1 aliphatic carbocycles. The van der Waals surface area contributed by atoms with E-state index >= 15 is 0 Å². The van der Waals surface area contributed by atoms with Gasteiger partial charge in [-0.1, -0.05) is 109 Å². The average molecular weight is 480 g/mol. The lowest BCUT2D eigenvalue weighted by molar-refractivity contribution is 0.118. The van der Waals surface area contributed by atoms with Crippen LogP contribution in [0, 0.1) is 12.8 Å². The highest BCUT2D eigenvalue weighted by molar-refractivity contribution is 5.89. The third kappa shape index (κ3) is 12.7. The first-order valence-electron chi connectivity index (χ1n) is 13.5. The van der Waals surface area contributed by atoms with Crippen LogP contribution in [0.25, 0.3) is 10.9 Å². The topological polar surface area (TPSA) is 38.2 Å². The summed E-state index contributed by atoms with van der Waals surface area (Å²) in [7, 11) is 3.99. The summed E-state index contributed by atoms with van der Waals surface area (Å²) in [5.41, 5.74) is 2.26. The van der Waals surface area contributed by atoms with Gasteiger partial charge in [0.05, 0.1) is 12.1 Å². The standard InChI is InChI=1S/C11H13N3.C11H16O.C7H14.C2H6/c1-8-12-10-7-5-4-6-9(10)11(13-8)14(2)3;1-2-3-9-12-10-11-7-5-4-6-8-11;1-7-5-3-2-4-6-7;1-2/h4-7H,1-3H3;4-8H,2-3,9-10H2,1H3;7H,2-6H2,1H3;1-2H3. The Kier molecular flexibility index (Phi) is 16.4. The van der Waals surface area contributed by atoms with E-state index in [1.165, 1.54) is 44.1 Å². The molecule has 1 fully saturated rings. The summed E-state index contributed by atoms with van der Waals surface area (Å²) < 4.78 is 5.46. The van der Waals surface area contributed by atoms with Gasteiger partial charge in [0.1, 0.15) is 11.6 Å². The molecule has 3 aromatic rings. The lowest BCUT2D eigenvalue weighted by Crippen LogP contribution is -2.12. The number of benzene rings is 2. The fourth-order valence-corrected chi connectivity index (χ4v) is 3.83. The van der Waals surface area contributed by atoms with Crippen LogP contribution >= 0.6 is 0 Å². The molecule has 0 spiro atoms. The number of aryl methyl sites for hydroxylation is 1. The van der Waals surface area contributed by atoms with E-state index in [1.54, 1.807) is 0 Å². The Hall–Kier alpha value is -2.46. The maximum absolute atomic E-state index is 5.46. The molecule has 0 saturated heterocycles. The minimum atomic E-state index is 0.751. The predicted octanol–water partition coefficient (Wildman–Crippen LogP) is 8.62. The lowest BCUT2D eigenvalue weighted by atomic mass is 9.91. The van der Waals surface area contributed by atoms with Crippen LogP contribution in [-0.2, 0) is 11.3 Å². The van der Waals surface area contributed by atoms with Crippen LogP contribution in [-0.4, -0.2) is 30.7 Å². The predicted molar refractivity (Wildman–Crippen MR) is 153 cm³/mol. The van der Waals surface area contributed by atoms with Crippen LogP contribution in [0.3, 0.4) is 0 Å². The number of ether oxygens (including phenoxy) is 1. The van der Waals surface area contributed by atoms with E-state index in [4.69, 9.17) is 4.74 Å². The van der Waals surface area contributed by atoms with Gasteiger partial charge in [-0.15, -0.1) is 0 Å². The molecule has 1 heterocycles. The van der Waals surface area contributed by atoms with Gasteiger partial charge in [-0.3, -0.25) is 0 Å². The van der Waals surface area contributed by atoms with Crippen LogP contribution in [0.5, 0.6) is 0 Å². The Labute approximate surface area is 215 Å². The molecular weight excluding hydrogens is 430 g/mol. The molecule has 1 aromatic heterocycles. The number of aromatic nitrogens is 2. The Balaban J connectivity index is 0.000000265. The van der Waals surface area contributed by atoms with Crippen molar-refractivity contribution in [2.75, 3.05) is 25.6 Å². The fourth-order valence-electron chi connectivity index (χ4n) is 3.83. The number of hydrogen-bond donors (Lipinski definition) is 0. The zero-order valence-corrected chi connectivity index (χ0v) is 23.4. The highest BCUT2D eigenvalue weighted by Gasteiger charge is 2.06. The molecule has 35 heavy (non-hydrogen) atoms. The molecule has 0 atom stereocenters. The van der Waals surface area contributed by atoms with Gasteiger partial charge in [-0.2, -0.15) is 0 Å². The molecule has 0 aliphatic heterocycles. The summed E-state index contributed by atoms with van der Waals surface area (Å²) in [5, 5.41) is 1.10. The second kappa shape index (κ2) is 18.8. The molecule has 0 bridgehead atoms. The highest BCUT2D eigenvalue weighted by atomic mass is 16.5. The summed E-state index contributed by atoms with van der Waals surface area (Å²) in [6.07, 6.45) is 9.80. The monoisotopic (exact) mass is 479 g/mol. The normalized spacial score (nSPS) is 12.9. The number of fused-ring (bicyclic) bond motifs is 1. The molecule has 0 radical (unpaired) electrons. The van der Waals surface area contributed by atoms with E-state index in [0.29, 0.717) is 0 Å². The first kappa shape index (κ1) is 30.6. The van der Waals surface area contributed by atoms with Crippen LogP contribution in [0.1, 0.15) is 84.0 Å². The van der Waals surface area contributed by atoms with Crippen LogP contribution in [0.4, 0.5) is 5.82 Å². The number of anilines is 1. The number of para-hydroxylation sites is 1. The third-order valence-electron chi connectivity index (χ3n) is 5.77. The van der Waals surface area contributed by atoms with E-state index in [0.717, 1.165) is 48.1 Å². The Morgan fingerprint density at radius 3 is 2.09 bits per heavy atom. The minimum absolute atomic E-state index is 0.751. The molecule has 0 amide bonds. The molecule has 4 heteroatoms. The van der Waals surface area contributed by atoms with E-state index in [9.17, 15) is 0 Å². The summed E-state index contributed by atoms with van der Waals surface area (Å²) >= 11 is 0. The smallest absolute Gasteiger partial charge is 0.139 e. The van der Waals surface area contributed by atoms with E-state index in [2.05, 4.69) is 35.9 Å². The first-order chi connectivity index (χ1) is 17.0. The number of unbranched alkanes of at least 4 members (excludes halogenated alkanes) is 1. The second-order valence-corrected chi connectivity index (χ2v) is 9.14. The minimum Gasteiger partial charge on any atom is -0.377 e. The van der Waals surface area contributed by atoms with Crippen LogP contribution in [0.2, 0.25) is 0 Å². The Morgan fingerprint density at radius 2 is 1.51 bits per heavy atom. The molecule has 4 nitrogen and oxygen atoms in total. The molecule has 194 valence electrons. The fraction of sp³-hybridized carbons (Fsp3) is 0.548. The van der Waals surface area contributed by atoms with Crippen molar-refractivity contribution in [3.8, 4) is 0 Å². The SMILES string of the molecule is CC.CC1CCCCC1.CCCCOCc1ccccc1.Cc1nc(N(C)C)c2ccccc2n1. The van der Waals surface area contributed by atoms with E-state index in [-0.39, 0.29) is 0 Å². The zero-order chi connectivity index (χ0) is 25.9. The first-order valence-corrected chi connectivity index (χ1v) is 13.5. The van der Waals surface area contributed by atoms with Gasteiger partial charge in [0, 0.05) is 26.1 Å². The Morgan fingerprint density at radius 1 is 0.886 bits per heavy atom. The maximum Gasteiger partial charge on any atom is 0.139 e. The summed E-state index contributed by atoms with van der Waals surface area (Å²) in [6, 6.07) is 18.3. The molecule has 1 aliphatic rings. The summed E-state index contributed by atoms with van der Waals surface area (Å²) in [6.45, 7) is 12.1. The molecule has 4 rings (SSSR count). The van der Waals surface area contributed by atoms with Crippen molar-refractivity contribution in [2.24, 2.45) is 5.92 Å². The number of nitrogens with zero attached hydrogens (tertiary/aromatic N) is 3. The quantitative estimate of drug-likeness (QED) is 0.332.